The summed E-state index contributed by atoms with van der Waals surface area (Å²) in [6.45, 7) is 9.83. The Labute approximate surface area is 272 Å². The van der Waals surface area contributed by atoms with Gasteiger partial charge in [-0.25, -0.2) is 8.42 Å². The molecule has 0 N–H and O–H groups in total. The second-order valence-corrected chi connectivity index (χ2v) is 12.7. The van der Waals surface area contributed by atoms with E-state index in [1.54, 1.807) is 4.90 Å². The van der Waals surface area contributed by atoms with Crippen molar-refractivity contribution in [3.63, 3.8) is 0 Å². The van der Waals surface area contributed by atoms with Gasteiger partial charge in [-0.15, -0.1) is 0 Å². The molecule has 0 saturated carbocycles. The number of anilines is 1. The maximum absolute atomic E-state index is 12.0. The van der Waals surface area contributed by atoms with Gasteiger partial charge in [-0.1, -0.05) is 94.4 Å². The minimum Gasteiger partial charge on any atom is -0.747 e. The molecule has 213 valence electrons. The molecule has 0 aliphatic carbocycles. The van der Waals surface area contributed by atoms with Crippen LogP contribution in [0.15, 0.2) is 102 Å². The van der Waals surface area contributed by atoms with E-state index in [4.69, 9.17) is 9.79 Å². The van der Waals surface area contributed by atoms with E-state index in [9.17, 15) is 13.0 Å². The van der Waals surface area contributed by atoms with E-state index in [1.807, 2.05) is 54.6 Å². The van der Waals surface area contributed by atoms with Crippen LogP contribution < -0.4 is 4.90 Å². The molecule has 8 heteroatoms. The first-order chi connectivity index (χ1) is 19.4. The minimum absolute atomic E-state index is 0. The average molecular weight is 654 g/mol. The molecule has 2 heterocycles. The summed E-state index contributed by atoms with van der Waals surface area (Å²) in [6.07, 6.45) is 7.37. The molecule has 6 nitrogen and oxygen atoms in total. The van der Waals surface area contributed by atoms with E-state index in [1.165, 1.54) is 29.5 Å². The van der Waals surface area contributed by atoms with E-state index in [-0.39, 0.29) is 38.1 Å². The van der Waals surface area contributed by atoms with Crippen LogP contribution in [0.4, 0.5) is 11.4 Å². The topological polar surface area (TPSA) is 89.9 Å². The smallest absolute Gasteiger partial charge is 0.114 e. The average Bonchev–Trinajstić information content (AvgIpc) is 3.30. The third-order valence-corrected chi connectivity index (χ3v) is 8.54. The van der Waals surface area contributed by atoms with Crippen molar-refractivity contribution in [2.75, 3.05) is 10.8 Å². The summed E-state index contributed by atoms with van der Waals surface area (Å²) in [5, 5.41) is 4.52. The molecule has 1 radical (unpaired) electrons. The first-order valence-corrected chi connectivity index (χ1v) is 15.0. The van der Waals surface area contributed by atoms with Crippen LogP contribution in [0, 0.1) is 0 Å². The summed E-state index contributed by atoms with van der Waals surface area (Å²) in [5.41, 5.74) is 4.84. The molecule has 0 fully saturated rings. The standard InChI is InChI=1S/C32H30N2O3S.C2H3O.Y/c1-31(2)27(33-25-18-16-21-10-5-7-12-23(21)29(25)31)14-9-15-28-32(3,4)30-24-13-8-6-11-22(24)17-19-26(30)34(28)20-38(35,36)37;1-2-3;/h5-19H,20H2,1-4H3,(H,35,36,37);1H3;/q;-1;/p-1/b14-9+,28-15+;;. The maximum atomic E-state index is 12.0. The van der Waals surface area contributed by atoms with Crippen LogP contribution in [0.25, 0.3) is 21.5 Å². The van der Waals surface area contributed by atoms with E-state index in [2.05, 4.69) is 64.1 Å². The van der Waals surface area contributed by atoms with Gasteiger partial charge >= 0.3 is 0 Å². The molecule has 0 spiro atoms. The molecular weight excluding hydrogens is 621 g/mol. The van der Waals surface area contributed by atoms with E-state index < -0.39 is 21.4 Å². The van der Waals surface area contributed by atoms with E-state index in [0.29, 0.717) is 0 Å². The third-order valence-electron chi connectivity index (χ3n) is 7.96. The fourth-order valence-electron chi connectivity index (χ4n) is 6.22. The Balaban J connectivity index is 0.000000972. The first-order valence-electron chi connectivity index (χ1n) is 13.4. The number of hydrogen-bond donors (Lipinski definition) is 0. The second kappa shape index (κ2) is 12.0. The quantitative estimate of drug-likeness (QED) is 0.172. The van der Waals surface area contributed by atoms with Gasteiger partial charge in [0.05, 0.1) is 11.4 Å². The summed E-state index contributed by atoms with van der Waals surface area (Å²) >= 11 is 0. The van der Waals surface area contributed by atoms with Crippen molar-refractivity contribution in [3.8, 4) is 0 Å². The summed E-state index contributed by atoms with van der Waals surface area (Å²) in [7, 11) is -4.52. The number of fused-ring (bicyclic) bond motifs is 6. The molecule has 0 atom stereocenters. The van der Waals surface area contributed by atoms with Gasteiger partial charge in [-0.2, -0.15) is 6.92 Å². The Hall–Kier alpha value is -2.97. The van der Waals surface area contributed by atoms with Gasteiger partial charge < -0.3 is 14.2 Å². The SMILES string of the molecule is CC1(C)C(/C=C/C=C2/N(CS(=O)(=O)[O-])c3ccc4ccccc4c3C2(C)C)=Nc2ccc3ccccc3c21.C[C-]=O.[Y]. The zero-order valence-corrected chi connectivity index (χ0v) is 28.0. The zero-order chi connectivity index (χ0) is 29.6. The van der Waals surface area contributed by atoms with Gasteiger partial charge in [-0.05, 0) is 57.0 Å². The summed E-state index contributed by atoms with van der Waals surface area (Å²) in [5.74, 6) is -0.620. The van der Waals surface area contributed by atoms with Crippen molar-refractivity contribution in [2.45, 2.75) is 45.4 Å². The summed E-state index contributed by atoms with van der Waals surface area (Å²) in [4.78, 5) is 15.3. The first kappa shape index (κ1) is 32.0. The number of nitrogens with zero attached hydrogens (tertiary/aromatic N) is 2. The number of aliphatic imine (C=N–C) groups is 1. The maximum Gasteiger partial charge on any atom is 0.114 e. The molecule has 0 amide bonds. The Morgan fingerprint density at radius 1 is 0.857 bits per heavy atom. The molecule has 2 aliphatic heterocycles. The third kappa shape index (κ3) is 5.68. The van der Waals surface area contributed by atoms with Crippen molar-refractivity contribution in [3.05, 3.63) is 108 Å². The Morgan fingerprint density at radius 2 is 1.40 bits per heavy atom. The Bertz CT molecular complexity index is 1890. The fourth-order valence-corrected chi connectivity index (χ4v) is 6.81. The summed E-state index contributed by atoms with van der Waals surface area (Å²) in [6, 6.07) is 24.5. The number of carbonyl (C=O) groups excluding carboxylic acids is 1. The van der Waals surface area contributed by atoms with Crippen molar-refractivity contribution in [2.24, 2.45) is 4.99 Å². The summed E-state index contributed by atoms with van der Waals surface area (Å²) < 4.78 is 35.9. The van der Waals surface area contributed by atoms with Gasteiger partial charge in [-0.3, -0.25) is 11.3 Å². The predicted molar refractivity (Wildman–Crippen MR) is 167 cm³/mol. The van der Waals surface area contributed by atoms with Crippen LogP contribution in [0.2, 0.25) is 0 Å². The van der Waals surface area contributed by atoms with Crippen LogP contribution in [0.1, 0.15) is 45.7 Å². The van der Waals surface area contributed by atoms with Crippen molar-refractivity contribution < 1.29 is 50.5 Å². The van der Waals surface area contributed by atoms with Gasteiger partial charge in [0.1, 0.15) is 16.0 Å². The van der Waals surface area contributed by atoms with Crippen molar-refractivity contribution in [1.82, 2.24) is 0 Å². The van der Waals surface area contributed by atoms with Gasteiger partial charge in [0.2, 0.25) is 0 Å². The molecule has 42 heavy (non-hydrogen) atoms. The van der Waals surface area contributed by atoms with Crippen LogP contribution in [-0.2, 0) is 58.5 Å². The molecular formula is C34H32N2O4SY-2. The number of allylic oxidation sites excluding steroid dienone is 4. The monoisotopic (exact) mass is 653 g/mol. The Morgan fingerprint density at radius 3 is 2.00 bits per heavy atom. The molecule has 0 aromatic heterocycles. The molecule has 6 rings (SSSR count). The number of benzene rings is 4. The number of rotatable bonds is 4. The molecule has 4 aromatic carbocycles. The van der Waals surface area contributed by atoms with Crippen LogP contribution in [0.3, 0.4) is 0 Å². The normalized spacial score (nSPS) is 17.4. The van der Waals surface area contributed by atoms with E-state index >= 15 is 0 Å². The van der Waals surface area contributed by atoms with Crippen molar-refractivity contribution in [1.29, 1.82) is 0 Å². The van der Waals surface area contributed by atoms with Crippen molar-refractivity contribution >= 4 is 55.0 Å². The molecule has 0 unspecified atom stereocenters. The number of hydrogen-bond acceptors (Lipinski definition) is 6. The fraction of sp³-hybridized carbons (Fsp3) is 0.235. The van der Waals surface area contributed by atoms with Gasteiger partial charge in [0.25, 0.3) is 0 Å². The van der Waals surface area contributed by atoms with Gasteiger partial charge in [0, 0.05) is 54.9 Å². The molecule has 4 aromatic rings. The molecule has 0 bridgehead atoms. The molecule has 2 aliphatic rings. The minimum atomic E-state index is -4.52. The van der Waals surface area contributed by atoms with Crippen LogP contribution in [-0.4, -0.2) is 30.8 Å². The van der Waals surface area contributed by atoms with Crippen LogP contribution in [0.5, 0.6) is 0 Å². The van der Waals surface area contributed by atoms with Gasteiger partial charge in [0.15, 0.2) is 0 Å². The zero-order valence-electron chi connectivity index (χ0n) is 24.4. The molecule has 0 saturated heterocycles. The predicted octanol–water partition coefficient (Wildman–Crippen LogP) is 7.21. The van der Waals surface area contributed by atoms with Crippen LogP contribution >= 0.6 is 0 Å². The largest absolute Gasteiger partial charge is 0.747 e. The Kier molecular flexibility index (Phi) is 9.10. The van der Waals surface area contributed by atoms with E-state index in [0.717, 1.165) is 39.1 Å². The second-order valence-electron chi connectivity index (χ2n) is 11.3.